The zero-order chi connectivity index (χ0) is 13.9. The molecule has 7 heteroatoms. The number of aromatic nitrogens is 3. The van der Waals surface area contributed by atoms with Crippen LogP contribution in [0.4, 0.5) is 0 Å². The van der Waals surface area contributed by atoms with Gasteiger partial charge in [0.15, 0.2) is 5.82 Å². The summed E-state index contributed by atoms with van der Waals surface area (Å²) < 4.78 is 1.51. The highest BCUT2D eigenvalue weighted by Gasteiger charge is 2.37. The number of carbonyl (C=O) groups is 2. The maximum Gasteiger partial charge on any atom is 0.316 e. The van der Waals surface area contributed by atoms with Gasteiger partial charge in [0.05, 0.1) is 6.54 Å². The van der Waals surface area contributed by atoms with Gasteiger partial charge in [0.1, 0.15) is 12.2 Å². The molecule has 0 aromatic carbocycles. The topological polar surface area (TPSA) is 97.1 Å². The monoisotopic (exact) mass is 254 g/mol. The summed E-state index contributed by atoms with van der Waals surface area (Å²) in [6, 6.07) is 0. The lowest BCUT2D eigenvalue weighted by molar-refractivity contribution is -0.151. The number of carbonyl (C=O) groups excluding carboxylic acids is 1. The van der Waals surface area contributed by atoms with Crippen molar-refractivity contribution in [2.24, 2.45) is 18.4 Å². The van der Waals surface area contributed by atoms with Crippen molar-refractivity contribution in [3.63, 3.8) is 0 Å². The molecule has 0 saturated heterocycles. The van der Waals surface area contributed by atoms with Crippen molar-refractivity contribution >= 4 is 11.9 Å². The van der Waals surface area contributed by atoms with E-state index < -0.39 is 23.2 Å². The number of carboxylic acids is 1. The second-order valence-corrected chi connectivity index (χ2v) is 5.19. The lowest BCUT2D eigenvalue weighted by Crippen LogP contribution is -2.42. The Hall–Kier alpha value is -1.92. The zero-order valence-corrected chi connectivity index (χ0v) is 11.0. The number of aryl methyl sites for hydroxylation is 1. The van der Waals surface area contributed by atoms with E-state index >= 15 is 0 Å². The molecule has 1 aromatic rings. The summed E-state index contributed by atoms with van der Waals surface area (Å²) in [5, 5.41) is 15.6. The molecule has 0 spiro atoms. The van der Waals surface area contributed by atoms with E-state index in [0.717, 1.165) is 0 Å². The van der Waals surface area contributed by atoms with Crippen LogP contribution in [0.3, 0.4) is 0 Å². The first-order valence-electron chi connectivity index (χ1n) is 5.57. The van der Waals surface area contributed by atoms with Crippen molar-refractivity contribution in [3.05, 3.63) is 12.2 Å². The van der Waals surface area contributed by atoms with Crippen molar-refractivity contribution in [2.45, 2.75) is 27.3 Å². The number of carboxylic acid groups (broad SMARTS) is 1. The van der Waals surface area contributed by atoms with Crippen LogP contribution < -0.4 is 5.32 Å². The highest BCUT2D eigenvalue weighted by molar-refractivity contribution is 5.97. The molecule has 0 bridgehead atoms. The smallest absolute Gasteiger partial charge is 0.316 e. The minimum absolute atomic E-state index is 0.125. The average molecular weight is 254 g/mol. The van der Waals surface area contributed by atoms with Crippen LogP contribution in [0.2, 0.25) is 0 Å². The lowest BCUT2D eigenvalue weighted by Gasteiger charge is -2.25. The quantitative estimate of drug-likeness (QED) is 0.747. The Kier molecular flexibility index (Phi) is 4.05. The molecule has 1 aromatic heterocycles. The van der Waals surface area contributed by atoms with Crippen LogP contribution in [0.15, 0.2) is 6.33 Å². The summed E-state index contributed by atoms with van der Waals surface area (Å²) in [5.74, 6) is -2.30. The predicted molar refractivity (Wildman–Crippen MR) is 63.4 cm³/mol. The maximum absolute atomic E-state index is 11.9. The van der Waals surface area contributed by atoms with Crippen molar-refractivity contribution < 1.29 is 14.7 Å². The summed E-state index contributed by atoms with van der Waals surface area (Å²) in [6.45, 7) is 5.26. The normalized spacial score (nSPS) is 13.1. The molecule has 0 saturated carbocycles. The van der Waals surface area contributed by atoms with Gasteiger partial charge in [0.2, 0.25) is 5.91 Å². The Bertz CT molecular complexity index is 447. The molecule has 0 aliphatic heterocycles. The van der Waals surface area contributed by atoms with Crippen LogP contribution in [-0.4, -0.2) is 31.7 Å². The van der Waals surface area contributed by atoms with Gasteiger partial charge >= 0.3 is 5.97 Å². The van der Waals surface area contributed by atoms with E-state index in [2.05, 4.69) is 15.4 Å². The molecule has 18 heavy (non-hydrogen) atoms. The molecule has 1 unspecified atom stereocenters. The molecule has 1 heterocycles. The van der Waals surface area contributed by atoms with Crippen molar-refractivity contribution in [1.29, 1.82) is 0 Å². The Morgan fingerprint density at radius 3 is 2.50 bits per heavy atom. The first-order chi connectivity index (χ1) is 8.21. The third-order valence-corrected chi connectivity index (χ3v) is 2.44. The zero-order valence-electron chi connectivity index (χ0n) is 11.0. The van der Waals surface area contributed by atoms with Crippen LogP contribution in [0.5, 0.6) is 0 Å². The molecule has 2 N–H and O–H groups in total. The van der Waals surface area contributed by atoms with Crippen molar-refractivity contribution in [3.8, 4) is 0 Å². The predicted octanol–water partition coefficient (Wildman–Crippen LogP) is 0.178. The van der Waals surface area contributed by atoms with E-state index in [4.69, 9.17) is 5.11 Å². The van der Waals surface area contributed by atoms with E-state index in [-0.39, 0.29) is 6.54 Å². The summed E-state index contributed by atoms with van der Waals surface area (Å²) in [5.41, 5.74) is -0.645. The van der Waals surface area contributed by atoms with E-state index in [1.165, 1.54) is 11.0 Å². The van der Waals surface area contributed by atoms with Gasteiger partial charge < -0.3 is 10.4 Å². The SMILES string of the molecule is Cn1cnc(CNC(=O)C(C(=O)O)C(C)(C)C)n1. The number of hydrogen-bond donors (Lipinski definition) is 2. The fraction of sp³-hybridized carbons (Fsp3) is 0.636. The second kappa shape index (κ2) is 5.16. The summed E-state index contributed by atoms with van der Waals surface area (Å²) in [7, 11) is 1.72. The maximum atomic E-state index is 11.9. The average Bonchev–Trinajstić information content (AvgIpc) is 2.58. The number of rotatable bonds is 4. The lowest BCUT2D eigenvalue weighted by atomic mass is 9.80. The van der Waals surface area contributed by atoms with Gasteiger partial charge in [-0.2, -0.15) is 5.10 Å². The Labute approximate surface area is 105 Å². The number of hydrogen-bond acceptors (Lipinski definition) is 4. The fourth-order valence-corrected chi connectivity index (χ4v) is 1.61. The van der Waals surface area contributed by atoms with Gasteiger partial charge in [0, 0.05) is 7.05 Å². The molecular formula is C11H18N4O3. The molecule has 0 radical (unpaired) electrons. The molecule has 1 amide bonds. The van der Waals surface area contributed by atoms with E-state index in [0.29, 0.717) is 5.82 Å². The standard InChI is InChI=1S/C11H18N4O3/c1-11(2,3)8(10(17)18)9(16)12-5-7-13-6-15(4)14-7/h6,8H,5H2,1-4H3,(H,12,16)(H,17,18). The number of amides is 1. The van der Waals surface area contributed by atoms with Crippen molar-refractivity contribution in [2.75, 3.05) is 0 Å². The second-order valence-electron chi connectivity index (χ2n) is 5.19. The molecule has 0 aliphatic rings. The molecule has 1 atom stereocenters. The van der Waals surface area contributed by atoms with Gasteiger partial charge in [-0.15, -0.1) is 0 Å². The fourth-order valence-electron chi connectivity index (χ4n) is 1.61. The highest BCUT2D eigenvalue weighted by Crippen LogP contribution is 2.26. The molecule has 0 aliphatic carbocycles. The molecular weight excluding hydrogens is 236 g/mol. The van der Waals surface area contributed by atoms with E-state index in [1.54, 1.807) is 27.8 Å². The van der Waals surface area contributed by atoms with Gasteiger partial charge in [-0.3, -0.25) is 14.3 Å². The molecule has 0 fully saturated rings. The third-order valence-electron chi connectivity index (χ3n) is 2.44. The van der Waals surface area contributed by atoms with Crippen LogP contribution in [0, 0.1) is 11.3 Å². The number of nitrogens with one attached hydrogen (secondary N) is 1. The molecule has 100 valence electrons. The summed E-state index contributed by atoms with van der Waals surface area (Å²) in [6.07, 6.45) is 1.51. The summed E-state index contributed by atoms with van der Waals surface area (Å²) in [4.78, 5) is 26.9. The van der Waals surface area contributed by atoms with Crippen LogP contribution >= 0.6 is 0 Å². The van der Waals surface area contributed by atoms with E-state index in [1.807, 2.05) is 0 Å². The Morgan fingerprint density at radius 1 is 1.50 bits per heavy atom. The van der Waals surface area contributed by atoms with Crippen LogP contribution in [0.1, 0.15) is 26.6 Å². The van der Waals surface area contributed by atoms with Crippen LogP contribution in [0.25, 0.3) is 0 Å². The minimum atomic E-state index is -1.13. The number of nitrogens with zero attached hydrogens (tertiary/aromatic N) is 3. The number of aliphatic carboxylic acids is 1. The van der Waals surface area contributed by atoms with Gasteiger partial charge in [0.25, 0.3) is 0 Å². The Morgan fingerprint density at radius 2 is 2.11 bits per heavy atom. The third kappa shape index (κ3) is 3.54. The largest absolute Gasteiger partial charge is 0.481 e. The van der Waals surface area contributed by atoms with E-state index in [9.17, 15) is 9.59 Å². The first-order valence-corrected chi connectivity index (χ1v) is 5.57. The molecule has 7 nitrogen and oxygen atoms in total. The summed E-state index contributed by atoms with van der Waals surface area (Å²) >= 11 is 0. The highest BCUT2D eigenvalue weighted by atomic mass is 16.4. The van der Waals surface area contributed by atoms with Gasteiger partial charge in [-0.25, -0.2) is 4.98 Å². The van der Waals surface area contributed by atoms with Crippen molar-refractivity contribution in [1.82, 2.24) is 20.1 Å². The first kappa shape index (κ1) is 14.1. The van der Waals surface area contributed by atoms with Gasteiger partial charge in [-0.05, 0) is 5.41 Å². The minimum Gasteiger partial charge on any atom is -0.481 e. The van der Waals surface area contributed by atoms with Gasteiger partial charge in [-0.1, -0.05) is 20.8 Å². The van der Waals surface area contributed by atoms with Crippen LogP contribution in [-0.2, 0) is 23.2 Å². The Balaban J connectivity index is 2.66. The molecule has 1 rings (SSSR count).